The third-order valence-corrected chi connectivity index (χ3v) is 5.67. The van der Waals surface area contributed by atoms with Gasteiger partial charge in [0.05, 0.1) is 0 Å². The van der Waals surface area contributed by atoms with E-state index in [1.54, 1.807) is 0 Å². The molecular formula is C22H29N3. The van der Waals surface area contributed by atoms with Crippen molar-refractivity contribution >= 4 is 5.82 Å². The van der Waals surface area contributed by atoms with Crippen LogP contribution in [-0.2, 0) is 6.54 Å². The molecule has 0 unspecified atom stereocenters. The predicted molar refractivity (Wildman–Crippen MR) is 104 cm³/mol. The molecule has 0 radical (unpaired) electrons. The summed E-state index contributed by atoms with van der Waals surface area (Å²) in [5, 5.41) is 0. The number of anilines is 1. The zero-order valence-electron chi connectivity index (χ0n) is 15.1. The molecule has 0 bridgehead atoms. The molecule has 2 fully saturated rings. The molecule has 0 amide bonds. The van der Waals surface area contributed by atoms with Gasteiger partial charge in [-0.1, -0.05) is 42.8 Å². The normalized spacial score (nSPS) is 22.1. The summed E-state index contributed by atoms with van der Waals surface area (Å²) in [6.45, 7) is 4.55. The summed E-state index contributed by atoms with van der Waals surface area (Å²) in [4.78, 5) is 10.0. The highest BCUT2D eigenvalue weighted by Crippen LogP contribution is 2.36. The van der Waals surface area contributed by atoms with Crippen molar-refractivity contribution in [3.63, 3.8) is 0 Å². The second kappa shape index (κ2) is 8.01. The van der Waals surface area contributed by atoms with Gasteiger partial charge in [-0.25, -0.2) is 4.98 Å². The van der Waals surface area contributed by atoms with Gasteiger partial charge in [0, 0.05) is 37.4 Å². The molecule has 4 rings (SSSR count). The lowest BCUT2D eigenvalue weighted by Gasteiger charge is -2.38. The molecule has 3 heterocycles. The Morgan fingerprint density at radius 1 is 0.840 bits per heavy atom. The van der Waals surface area contributed by atoms with Crippen LogP contribution >= 0.6 is 0 Å². The average molecular weight is 335 g/mol. The molecule has 0 spiro atoms. The van der Waals surface area contributed by atoms with Crippen molar-refractivity contribution in [1.82, 2.24) is 9.88 Å². The van der Waals surface area contributed by atoms with Crippen LogP contribution in [0.25, 0.3) is 0 Å². The number of nitrogens with zero attached hydrogens (tertiary/aromatic N) is 3. The SMILES string of the molecule is c1ccc(CN2CCCC[C@H]2c2cccnc2N2CCCCC2)cc1. The van der Waals surface area contributed by atoms with Crippen LogP contribution in [0.4, 0.5) is 5.82 Å². The van der Waals surface area contributed by atoms with E-state index >= 15 is 0 Å². The molecule has 25 heavy (non-hydrogen) atoms. The van der Waals surface area contributed by atoms with Gasteiger partial charge in [0.2, 0.25) is 0 Å². The van der Waals surface area contributed by atoms with E-state index in [-0.39, 0.29) is 0 Å². The molecule has 1 aromatic heterocycles. The lowest BCUT2D eigenvalue weighted by molar-refractivity contribution is 0.140. The Bertz CT molecular complexity index is 664. The molecule has 3 nitrogen and oxygen atoms in total. The Morgan fingerprint density at radius 2 is 1.64 bits per heavy atom. The number of aromatic nitrogens is 1. The number of rotatable bonds is 4. The first-order valence-corrected chi connectivity index (χ1v) is 9.90. The van der Waals surface area contributed by atoms with Gasteiger partial charge >= 0.3 is 0 Å². The summed E-state index contributed by atoms with van der Waals surface area (Å²) in [5.41, 5.74) is 2.86. The van der Waals surface area contributed by atoms with Gasteiger partial charge in [-0.05, 0) is 50.3 Å². The van der Waals surface area contributed by atoms with Crippen LogP contribution in [0.3, 0.4) is 0 Å². The maximum Gasteiger partial charge on any atom is 0.133 e. The summed E-state index contributed by atoms with van der Waals surface area (Å²) >= 11 is 0. The molecule has 3 heteroatoms. The van der Waals surface area contributed by atoms with Crippen molar-refractivity contribution in [2.75, 3.05) is 24.5 Å². The highest BCUT2D eigenvalue weighted by Gasteiger charge is 2.28. The highest BCUT2D eigenvalue weighted by atomic mass is 15.2. The number of pyridine rings is 1. The maximum atomic E-state index is 4.82. The van der Waals surface area contributed by atoms with Crippen molar-refractivity contribution in [1.29, 1.82) is 0 Å². The molecule has 1 aromatic carbocycles. The summed E-state index contributed by atoms with van der Waals surface area (Å²) < 4.78 is 0. The molecule has 1 atom stereocenters. The molecule has 2 aromatic rings. The van der Waals surface area contributed by atoms with E-state index in [4.69, 9.17) is 4.98 Å². The van der Waals surface area contributed by atoms with Crippen molar-refractivity contribution in [2.45, 2.75) is 51.1 Å². The molecule has 0 saturated carbocycles. The number of piperidine rings is 2. The Morgan fingerprint density at radius 3 is 2.48 bits per heavy atom. The molecule has 2 aliphatic rings. The maximum absolute atomic E-state index is 4.82. The highest BCUT2D eigenvalue weighted by molar-refractivity contribution is 5.49. The van der Waals surface area contributed by atoms with Gasteiger partial charge in [0.25, 0.3) is 0 Å². The monoisotopic (exact) mass is 335 g/mol. The first-order chi connectivity index (χ1) is 12.4. The fourth-order valence-corrected chi connectivity index (χ4v) is 4.39. The number of benzene rings is 1. The van der Waals surface area contributed by atoms with E-state index in [1.807, 2.05) is 6.20 Å². The topological polar surface area (TPSA) is 19.4 Å². The minimum atomic E-state index is 0.500. The van der Waals surface area contributed by atoms with Crippen molar-refractivity contribution in [3.05, 3.63) is 59.8 Å². The van der Waals surface area contributed by atoms with Gasteiger partial charge in [0.15, 0.2) is 0 Å². The largest absolute Gasteiger partial charge is 0.356 e. The van der Waals surface area contributed by atoms with Gasteiger partial charge in [-0.3, -0.25) is 4.90 Å². The quantitative estimate of drug-likeness (QED) is 0.800. The van der Waals surface area contributed by atoms with Crippen molar-refractivity contribution < 1.29 is 0 Å². The zero-order chi connectivity index (χ0) is 16.9. The standard InChI is InChI=1S/C22H29N3/c1-3-10-19(11-4-1)18-25-17-8-5-13-21(25)20-12-9-14-23-22(20)24-15-6-2-7-16-24/h1,3-4,9-12,14,21H,2,5-8,13,15-18H2/t21-/m0/s1. The Kier molecular flexibility index (Phi) is 5.31. The number of hydrogen-bond donors (Lipinski definition) is 0. The van der Waals surface area contributed by atoms with Crippen LogP contribution in [0.2, 0.25) is 0 Å². The van der Waals surface area contributed by atoms with E-state index < -0.39 is 0 Å². The first-order valence-electron chi connectivity index (χ1n) is 9.90. The van der Waals surface area contributed by atoms with Crippen molar-refractivity contribution in [2.24, 2.45) is 0 Å². The zero-order valence-corrected chi connectivity index (χ0v) is 15.1. The van der Waals surface area contributed by atoms with E-state index in [0.29, 0.717) is 6.04 Å². The third kappa shape index (κ3) is 3.87. The van der Waals surface area contributed by atoms with E-state index in [1.165, 1.54) is 62.0 Å². The van der Waals surface area contributed by atoms with Gasteiger partial charge in [0.1, 0.15) is 5.82 Å². The van der Waals surface area contributed by atoms with Gasteiger partial charge in [-0.2, -0.15) is 0 Å². The fraction of sp³-hybridized carbons (Fsp3) is 0.500. The average Bonchev–Trinajstić information content (AvgIpc) is 2.70. The van der Waals surface area contributed by atoms with Crippen LogP contribution in [0.15, 0.2) is 48.7 Å². The first kappa shape index (κ1) is 16.6. The molecular weight excluding hydrogens is 306 g/mol. The summed E-state index contributed by atoms with van der Waals surface area (Å²) in [6, 6.07) is 15.9. The Hall–Kier alpha value is -1.87. The molecule has 2 saturated heterocycles. The minimum Gasteiger partial charge on any atom is -0.356 e. The smallest absolute Gasteiger partial charge is 0.133 e. The lowest BCUT2D eigenvalue weighted by atomic mass is 9.94. The molecule has 0 N–H and O–H groups in total. The van der Waals surface area contributed by atoms with Gasteiger partial charge in [-0.15, -0.1) is 0 Å². The molecule has 0 aliphatic carbocycles. The lowest BCUT2D eigenvalue weighted by Crippen LogP contribution is -2.36. The Balaban J connectivity index is 1.60. The van der Waals surface area contributed by atoms with E-state index in [2.05, 4.69) is 52.3 Å². The van der Waals surface area contributed by atoms with Crippen LogP contribution < -0.4 is 4.90 Å². The second-order valence-electron chi connectivity index (χ2n) is 7.43. The molecule has 132 valence electrons. The number of hydrogen-bond acceptors (Lipinski definition) is 3. The number of likely N-dealkylation sites (tertiary alicyclic amines) is 1. The summed E-state index contributed by atoms with van der Waals surface area (Å²) in [5.74, 6) is 1.24. The van der Waals surface area contributed by atoms with Crippen LogP contribution in [-0.4, -0.2) is 29.5 Å². The minimum absolute atomic E-state index is 0.500. The Labute approximate surface area is 151 Å². The predicted octanol–water partition coefficient (Wildman–Crippen LogP) is 4.80. The van der Waals surface area contributed by atoms with Crippen LogP contribution in [0.1, 0.15) is 55.7 Å². The fourth-order valence-electron chi connectivity index (χ4n) is 4.39. The second-order valence-corrected chi connectivity index (χ2v) is 7.43. The molecule has 2 aliphatic heterocycles. The van der Waals surface area contributed by atoms with E-state index in [9.17, 15) is 0 Å². The third-order valence-electron chi connectivity index (χ3n) is 5.67. The van der Waals surface area contributed by atoms with Crippen LogP contribution in [0, 0.1) is 0 Å². The summed E-state index contributed by atoms with van der Waals surface area (Å²) in [6.07, 6.45) is 9.81. The summed E-state index contributed by atoms with van der Waals surface area (Å²) in [7, 11) is 0. The van der Waals surface area contributed by atoms with Crippen LogP contribution in [0.5, 0.6) is 0 Å². The van der Waals surface area contributed by atoms with Gasteiger partial charge < -0.3 is 4.90 Å². The van der Waals surface area contributed by atoms with E-state index in [0.717, 1.165) is 19.6 Å². The van der Waals surface area contributed by atoms with Crippen molar-refractivity contribution in [3.8, 4) is 0 Å².